The quantitative estimate of drug-likeness (QED) is 0.800. The zero-order valence-electron chi connectivity index (χ0n) is 8.97. The van der Waals surface area contributed by atoms with E-state index in [9.17, 15) is 0 Å². The van der Waals surface area contributed by atoms with Crippen LogP contribution in [0, 0.1) is 17.8 Å². The van der Waals surface area contributed by atoms with Crippen LogP contribution < -0.4 is 5.73 Å². The van der Waals surface area contributed by atoms with Gasteiger partial charge in [-0.1, -0.05) is 18.9 Å². The van der Waals surface area contributed by atoms with Crippen molar-refractivity contribution in [2.45, 2.75) is 31.7 Å². The van der Waals surface area contributed by atoms with Gasteiger partial charge in [-0.15, -0.1) is 0 Å². The molecule has 0 saturated heterocycles. The van der Waals surface area contributed by atoms with Crippen LogP contribution in [0.25, 0.3) is 0 Å². The molecule has 0 bridgehead atoms. The molecule has 3 rings (SSSR count). The van der Waals surface area contributed by atoms with Crippen LogP contribution in [0.15, 0.2) is 24.5 Å². The second-order valence-corrected chi connectivity index (χ2v) is 5.00. The SMILES string of the molecule is NC(c1cccnc1)C1C2CCCCC21. The number of aromatic nitrogens is 1. The summed E-state index contributed by atoms with van der Waals surface area (Å²) < 4.78 is 0. The van der Waals surface area contributed by atoms with E-state index in [0.29, 0.717) is 0 Å². The van der Waals surface area contributed by atoms with Crippen molar-refractivity contribution in [2.75, 3.05) is 0 Å². The lowest BCUT2D eigenvalue weighted by Gasteiger charge is -2.10. The Bertz CT molecular complexity index is 324. The Balaban J connectivity index is 1.74. The molecule has 2 aliphatic rings. The van der Waals surface area contributed by atoms with Crippen molar-refractivity contribution in [1.82, 2.24) is 4.98 Å². The molecular weight excluding hydrogens is 184 g/mol. The Morgan fingerprint density at radius 1 is 1.27 bits per heavy atom. The van der Waals surface area contributed by atoms with Crippen LogP contribution in [-0.2, 0) is 0 Å². The smallest absolute Gasteiger partial charge is 0.0344 e. The van der Waals surface area contributed by atoms with Crippen molar-refractivity contribution in [3.8, 4) is 0 Å². The van der Waals surface area contributed by atoms with Gasteiger partial charge >= 0.3 is 0 Å². The predicted molar refractivity (Wildman–Crippen MR) is 60.1 cm³/mol. The zero-order chi connectivity index (χ0) is 10.3. The van der Waals surface area contributed by atoms with Crippen molar-refractivity contribution in [3.05, 3.63) is 30.1 Å². The summed E-state index contributed by atoms with van der Waals surface area (Å²) in [5, 5.41) is 0. The standard InChI is InChI=1S/C13H18N2/c14-13(9-4-3-7-15-8-9)12-10-5-1-2-6-11(10)12/h3-4,7-8,10-13H,1-2,5-6,14H2. The second kappa shape index (κ2) is 3.60. The number of hydrogen-bond donors (Lipinski definition) is 1. The summed E-state index contributed by atoms with van der Waals surface area (Å²) in [6.07, 6.45) is 9.38. The summed E-state index contributed by atoms with van der Waals surface area (Å²) >= 11 is 0. The van der Waals surface area contributed by atoms with Crippen molar-refractivity contribution < 1.29 is 0 Å². The number of rotatable bonds is 2. The van der Waals surface area contributed by atoms with E-state index < -0.39 is 0 Å². The molecule has 0 amide bonds. The fourth-order valence-electron chi connectivity index (χ4n) is 3.38. The molecule has 2 heteroatoms. The van der Waals surface area contributed by atoms with E-state index in [1.54, 1.807) is 0 Å². The van der Waals surface area contributed by atoms with Gasteiger partial charge in [-0.2, -0.15) is 0 Å². The van der Waals surface area contributed by atoms with Crippen LogP contribution in [0.4, 0.5) is 0 Å². The van der Waals surface area contributed by atoms with E-state index in [1.807, 2.05) is 18.5 Å². The van der Waals surface area contributed by atoms with Crippen LogP contribution in [0.1, 0.15) is 37.3 Å². The van der Waals surface area contributed by atoms with Crippen LogP contribution in [-0.4, -0.2) is 4.98 Å². The minimum absolute atomic E-state index is 0.229. The molecule has 3 atom stereocenters. The van der Waals surface area contributed by atoms with E-state index in [4.69, 9.17) is 5.73 Å². The van der Waals surface area contributed by atoms with E-state index in [0.717, 1.165) is 17.8 Å². The van der Waals surface area contributed by atoms with Gasteiger partial charge in [0.15, 0.2) is 0 Å². The molecule has 1 aromatic rings. The topological polar surface area (TPSA) is 38.9 Å². The first-order chi connectivity index (χ1) is 7.38. The third-order valence-corrected chi connectivity index (χ3v) is 4.21. The average molecular weight is 202 g/mol. The van der Waals surface area contributed by atoms with Gasteiger partial charge in [0.2, 0.25) is 0 Å². The lowest BCUT2D eigenvalue weighted by atomic mass is 10.0. The number of hydrogen-bond acceptors (Lipinski definition) is 2. The lowest BCUT2D eigenvalue weighted by molar-refractivity contribution is 0.480. The Labute approximate surface area is 90.9 Å². The molecule has 2 aliphatic carbocycles. The number of pyridine rings is 1. The van der Waals surface area contributed by atoms with Crippen LogP contribution in [0.5, 0.6) is 0 Å². The monoisotopic (exact) mass is 202 g/mol. The van der Waals surface area contributed by atoms with Gasteiger partial charge in [-0.05, 0) is 42.2 Å². The molecule has 1 heterocycles. The van der Waals surface area contributed by atoms with Crippen molar-refractivity contribution in [1.29, 1.82) is 0 Å². The third-order valence-electron chi connectivity index (χ3n) is 4.21. The minimum atomic E-state index is 0.229. The van der Waals surface area contributed by atoms with E-state index >= 15 is 0 Å². The van der Waals surface area contributed by atoms with E-state index in [1.165, 1.54) is 31.2 Å². The van der Waals surface area contributed by atoms with Gasteiger partial charge in [0, 0.05) is 18.4 Å². The summed E-state index contributed by atoms with van der Waals surface area (Å²) in [5.74, 6) is 2.60. The van der Waals surface area contributed by atoms with Crippen molar-refractivity contribution >= 4 is 0 Å². The van der Waals surface area contributed by atoms with Gasteiger partial charge in [-0.25, -0.2) is 0 Å². The normalized spacial score (nSPS) is 35.7. The number of nitrogens with two attached hydrogens (primary N) is 1. The summed E-state index contributed by atoms with van der Waals surface area (Å²) in [6, 6.07) is 4.33. The van der Waals surface area contributed by atoms with Crippen molar-refractivity contribution in [2.24, 2.45) is 23.5 Å². The first kappa shape index (κ1) is 9.34. The second-order valence-electron chi connectivity index (χ2n) is 5.00. The molecule has 80 valence electrons. The maximum Gasteiger partial charge on any atom is 0.0344 e. The molecule has 0 spiro atoms. The first-order valence-corrected chi connectivity index (χ1v) is 6.03. The Morgan fingerprint density at radius 3 is 2.60 bits per heavy atom. The highest BCUT2D eigenvalue weighted by molar-refractivity contribution is 5.19. The Hall–Kier alpha value is -0.890. The molecule has 0 aromatic carbocycles. The maximum absolute atomic E-state index is 6.32. The fourth-order valence-corrected chi connectivity index (χ4v) is 3.38. The van der Waals surface area contributed by atoms with Crippen LogP contribution in [0.3, 0.4) is 0 Å². The number of fused-ring (bicyclic) bond motifs is 1. The van der Waals surface area contributed by atoms with Gasteiger partial charge in [0.1, 0.15) is 0 Å². The minimum Gasteiger partial charge on any atom is -0.324 e. The molecule has 0 radical (unpaired) electrons. The first-order valence-electron chi connectivity index (χ1n) is 6.03. The molecular formula is C13H18N2. The number of nitrogens with zero attached hydrogens (tertiary/aromatic N) is 1. The fraction of sp³-hybridized carbons (Fsp3) is 0.615. The van der Waals surface area contributed by atoms with E-state index in [-0.39, 0.29) is 6.04 Å². The summed E-state index contributed by atoms with van der Waals surface area (Å²) in [4.78, 5) is 4.15. The molecule has 2 N–H and O–H groups in total. The molecule has 15 heavy (non-hydrogen) atoms. The lowest BCUT2D eigenvalue weighted by Crippen LogP contribution is -2.14. The van der Waals surface area contributed by atoms with Gasteiger partial charge in [-0.3, -0.25) is 4.98 Å². The van der Waals surface area contributed by atoms with Crippen LogP contribution in [0.2, 0.25) is 0 Å². The summed E-state index contributed by atoms with van der Waals surface area (Å²) in [7, 11) is 0. The molecule has 0 aliphatic heterocycles. The van der Waals surface area contributed by atoms with Crippen LogP contribution >= 0.6 is 0 Å². The maximum atomic E-state index is 6.32. The Kier molecular flexibility index (Phi) is 2.24. The van der Waals surface area contributed by atoms with Gasteiger partial charge in [0.05, 0.1) is 0 Å². The highest BCUT2D eigenvalue weighted by atomic mass is 14.8. The summed E-state index contributed by atoms with van der Waals surface area (Å²) in [6.45, 7) is 0. The molecule has 2 saturated carbocycles. The van der Waals surface area contributed by atoms with Gasteiger partial charge < -0.3 is 5.73 Å². The molecule has 2 fully saturated rings. The average Bonchev–Trinajstić information content (AvgIpc) is 3.03. The highest BCUT2D eigenvalue weighted by Gasteiger charge is 2.53. The van der Waals surface area contributed by atoms with E-state index in [2.05, 4.69) is 11.1 Å². The third kappa shape index (κ3) is 1.57. The largest absolute Gasteiger partial charge is 0.324 e. The summed E-state index contributed by atoms with van der Waals surface area (Å²) in [5.41, 5.74) is 7.54. The zero-order valence-corrected chi connectivity index (χ0v) is 8.97. The highest BCUT2D eigenvalue weighted by Crippen LogP contribution is 2.59. The van der Waals surface area contributed by atoms with Crippen molar-refractivity contribution in [3.63, 3.8) is 0 Å². The Morgan fingerprint density at radius 2 is 2.00 bits per heavy atom. The predicted octanol–water partition coefficient (Wildman–Crippen LogP) is 2.52. The molecule has 1 aromatic heterocycles. The van der Waals surface area contributed by atoms with Gasteiger partial charge in [0.25, 0.3) is 0 Å². The molecule has 2 nitrogen and oxygen atoms in total. The molecule has 3 unspecified atom stereocenters.